The van der Waals surface area contributed by atoms with Gasteiger partial charge >= 0.3 is 0 Å². The van der Waals surface area contributed by atoms with E-state index >= 15 is 0 Å². The van der Waals surface area contributed by atoms with Crippen LogP contribution < -0.4 is 15.8 Å². The predicted octanol–water partition coefficient (Wildman–Crippen LogP) is 2.86. The first-order chi connectivity index (χ1) is 12.2. The second-order valence-electron chi connectivity index (χ2n) is 5.38. The van der Waals surface area contributed by atoms with Crippen molar-refractivity contribution in [2.75, 3.05) is 17.2 Å². The van der Waals surface area contributed by atoms with Crippen LogP contribution in [0.4, 0.5) is 17.5 Å². The molecule has 0 amide bonds. The minimum absolute atomic E-state index is 0.463. The molecule has 0 aliphatic rings. The Morgan fingerprint density at radius 2 is 1.88 bits per heavy atom. The van der Waals surface area contributed by atoms with Crippen molar-refractivity contribution in [3.8, 4) is 0 Å². The van der Waals surface area contributed by atoms with Crippen LogP contribution in [-0.4, -0.2) is 20.7 Å². The van der Waals surface area contributed by atoms with Gasteiger partial charge in [0.2, 0.25) is 5.95 Å². The fraction of sp³-hybridized carbons (Fsp3) is 0.111. The fourth-order valence-electron chi connectivity index (χ4n) is 2.33. The van der Waals surface area contributed by atoms with Crippen molar-refractivity contribution >= 4 is 28.4 Å². The van der Waals surface area contributed by atoms with E-state index in [1.165, 1.54) is 5.56 Å². The molecule has 3 aromatic rings. The van der Waals surface area contributed by atoms with Gasteiger partial charge in [-0.2, -0.15) is 4.98 Å². The maximum absolute atomic E-state index is 11.4. The number of benzene rings is 2. The third-order valence-electron chi connectivity index (χ3n) is 3.54. The van der Waals surface area contributed by atoms with Gasteiger partial charge in [-0.3, -0.25) is 0 Å². The summed E-state index contributed by atoms with van der Waals surface area (Å²) in [6.07, 6.45) is 2.60. The monoisotopic (exact) mass is 353 g/mol. The topological polar surface area (TPSA) is 92.9 Å². The number of hydrogen-bond acceptors (Lipinski definition) is 5. The molecular formula is C18H19N5OS. The molecule has 128 valence electrons. The Bertz CT molecular complexity index is 857. The second kappa shape index (κ2) is 8.36. The Kier molecular flexibility index (Phi) is 5.71. The van der Waals surface area contributed by atoms with Gasteiger partial charge in [0.15, 0.2) is 0 Å². The standard InChI is InChI=1S/C18H19N5OS/c19-25(24)16-8-4-7-15(13-16)22-18-21-12-10-17(23-18)20-11-9-14-5-2-1-3-6-14/h1-8,10,12-13H,9,11,19H2,(H2,20,21,22,23). The van der Waals surface area contributed by atoms with Gasteiger partial charge < -0.3 is 10.6 Å². The van der Waals surface area contributed by atoms with Crippen molar-refractivity contribution in [1.29, 1.82) is 0 Å². The van der Waals surface area contributed by atoms with Crippen LogP contribution in [0.3, 0.4) is 0 Å². The molecule has 7 heteroatoms. The number of nitrogens with zero attached hydrogens (tertiary/aromatic N) is 2. The molecule has 6 nitrogen and oxygen atoms in total. The van der Waals surface area contributed by atoms with Crippen molar-refractivity contribution in [3.05, 3.63) is 72.4 Å². The van der Waals surface area contributed by atoms with Crippen LogP contribution in [0.15, 0.2) is 71.8 Å². The summed E-state index contributed by atoms with van der Waals surface area (Å²) in [5, 5.41) is 11.8. The molecule has 1 heterocycles. The van der Waals surface area contributed by atoms with Crippen molar-refractivity contribution in [2.24, 2.45) is 5.14 Å². The Morgan fingerprint density at radius 3 is 2.68 bits per heavy atom. The van der Waals surface area contributed by atoms with E-state index in [9.17, 15) is 4.21 Å². The predicted molar refractivity (Wildman–Crippen MR) is 101 cm³/mol. The zero-order valence-electron chi connectivity index (χ0n) is 13.6. The van der Waals surface area contributed by atoms with Gasteiger partial charge in [-0.05, 0) is 36.2 Å². The number of nitrogens with two attached hydrogens (primary N) is 1. The largest absolute Gasteiger partial charge is 0.370 e. The minimum atomic E-state index is -1.52. The van der Waals surface area contributed by atoms with Gasteiger partial charge in [-0.1, -0.05) is 36.4 Å². The lowest BCUT2D eigenvalue weighted by Crippen LogP contribution is -2.08. The zero-order chi connectivity index (χ0) is 17.5. The average Bonchev–Trinajstić information content (AvgIpc) is 2.63. The summed E-state index contributed by atoms with van der Waals surface area (Å²) in [6.45, 7) is 0.780. The maximum atomic E-state index is 11.4. The van der Waals surface area contributed by atoms with E-state index < -0.39 is 11.0 Å². The molecule has 0 fully saturated rings. The van der Waals surface area contributed by atoms with E-state index in [0.29, 0.717) is 10.8 Å². The molecule has 4 N–H and O–H groups in total. The summed E-state index contributed by atoms with van der Waals surface area (Å²) >= 11 is 0. The smallest absolute Gasteiger partial charge is 0.229 e. The number of aromatic nitrogens is 2. The van der Waals surface area contributed by atoms with Gasteiger partial charge in [-0.25, -0.2) is 14.3 Å². The maximum Gasteiger partial charge on any atom is 0.229 e. The van der Waals surface area contributed by atoms with Crippen LogP contribution in [0.1, 0.15) is 5.56 Å². The molecule has 0 radical (unpaired) electrons. The Morgan fingerprint density at radius 1 is 1.04 bits per heavy atom. The van der Waals surface area contributed by atoms with E-state index in [2.05, 4.69) is 32.7 Å². The van der Waals surface area contributed by atoms with Crippen LogP contribution in [0.25, 0.3) is 0 Å². The third kappa shape index (κ3) is 5.10. The van der Waals surface area contributed by atoms with Crippen LogP contribution in [0.2, 0.25) is 0 Å². The first kappa shape index (κ1) is 17.1. The SMILES string of the molecule is NS(=O)c1cccc(Nc2nccc(NCCc3ccccc3)n2)c1. The number of nitrogens with one attached hydrogen (secondary N) is 2. The first-order valence-electron chi connectivity index (χ1n) is 7.85. The molecule has 0 saturated heterocycles. The van der Waals surface area contributed by atoms with E-state index in [1.807, 2.05) is 30.3 Å². The molecule has 0 aliphatic carbocycles. The molecule has 2 aromatic carbocycles. The Balaban J connectivity index is 1.61. The van der Waals surface area contributed by atoms with Crippen molar-refractivity contribution in [1.82, 2.24) is 9.97 Å². The zero-order valence-corrected chi connectivity index (χ0v) is 14.4. The minimum Gasteiger partial charge on any atom is -0.370 e. The number of anilines is 3. The van der Waals surface area contributed by atoms with Crippen molar-refractivity contribution in [3.63, 3.8) is 0 Å². The van der Waals surface area contributed by atoms with E-state index in [-0.39, 0.29) is 0 Å². The Hall–Kier alpha value is -2.77. The highest BCUT2D eigenvalue weighted by molar-refractivity contribution is 7.82. The third-order valence-corrected chi connectivity index (χ3v) is 4.26. The molecule has 0 spiro atoms. The highest BCUT2D eigenvalue weighted by Crippen LogP contribution is 2.17. The molecule has 0 bridgehead atoms. The summed E-state index contributed by atoms with van der Waals surface area (Å²) in [7, 11) is -1.52. The average molecular weight is 353 g/mol. The fourth-order valence-corrected chi connectivity index (χ4v) is 2.78. The molecule has 3 rings (SSSR count). The summed E-state index contributed by atoms with van der Waals surface area (Å²) in [5.74, 6) is 1.21. The van der Waals surface area contributed by atoms with Crippen LogP contribution >= 0.6 is 0 Å². The van der Waals surface area contributed by atoms with E-state index in [1.54, 1.807) is 24.4 Å². The highest BCUT2D eigenvalue weighted by atomic mass is 32.2. The van der Waals surface area contributed by atoms with Crippen LogP contribution in [-0.2, 0) is 17.4 Å². The lowest BCUT2D eigenvalue weighted by molar-refractivity contribution is 0.684. The van der Waals surface area contributed by atoms with E-state index in [0.717, 1.165) is 24.5 Å². The number of rotatable bonds is 7. The summed E-state index contributed by atoms with van der Waals surface area (Å²) in [5.41, 5.74) is 2.01. The van der Waals surface area contributed by atoms with Crippen molar-refractivity contribution in [2.45, 2.75) is 11.3 Å². The van der Waals surface area contributed by atoms with Gasteiger partial charge in [-0.15, -0.1) is 0 Å². The highest BCUT2D eigenvalue weighted by Gasteiger charge is 2.03. The van der Waals surface area contributed by atoms with Crippen LogP contribution in [0, 0.1) is 0 Å². The van der Waals surface area contributed by atoms with Crippen molar-refractivity contribution < 1.29 is 4.21 Å². The first-order valence-corrected chi connectivity index (χ1v) is 9.06. The summed E-state index contributed by atoms with van der Waals surface area (Å²) < 4.78 is 11.4. The number of hydrogen-bond donors (Lipinski definition) is 3. The quantitative estimate of drug-likeness (QED) is 0.607. The van der Waals surface area contributed by atoms with Gasteiger partial charge in [0.05, 0.1) is 4.90 Å². The second-order valence-corrected chi connectivity index (χ2v) is 6.44. The Labute approximate surface area is 149 Å². The molecule has 1 unspecified atom stereocenters. The summed E-state index contributed by atoms with van der Waals surface area (Å²) in [4.78, 5) is 9.18. The van der Waals surface area contributed by atoms with Gasteiger partial charge in [0.1, 0.15) is 16.8 Å². The summed E-state index contributed by atoms with van der Waals surface area (Å²) in [6, 6.07) is 19.1. The molecule has 0 aliphatic heterocycles. The van der Waals surface area contributed by atoms with Crippen LogP contribution in [0.5, 0.6) is 0 Å². The normalized spacial score (nSPS) is 11.7. The lowest BCUT2D eigenvalue weighted by Gasteiger charge is -2.09. The lowest BCUT2D eigenvalue weighted by atomic mass is 10.1. The van der Waals surface area contributed by atoms with E-state index in [4.69, 9.17) is 5.14 Å². The molecule has 25 heavy (non-hydrogen) atoms. The molecular weight excluding hydrogens is 334 g/mol. The molecule has 1 atom stereocenters. The molecule has 1 aromatic heterocycles. The molecule has 0 saturated carbocycles. The van der Waals surface area contributed by atoms with Gasteiger partial charge in [0, 0.05) is 18.4 Å². The van der Waals surface area contributed by atoms with Gasteiger partial charge in [0.25, 0.3) is 0 Å².